The minimum atomic E-state index is -3.58. The van der Waals surface area contributed by atoms with Gasteiger partial charge < -0.3 is 14.8 Å². The Morgan fingerprint density at radius 3 is 2.22 bits per heavy atom. The van der Waals surface area contributed by atoms with Crippen molar-refractivity contribution in [2.45, 2.75) is 13.0 Å². The van der Waals surface area contributed by atoms with Crippen molar-refractivity contribution in [3.8, 4) is 5.75 Å². The maximum absolute atomic E-state index is 12.4. The molecule has 0 unspecified atom stereocenters. The number of esters is 1. The molecular formula is C18H20N2O6S. The van der Waals surface area contributed by atoms with Crippen LogP contribution in [0, 0.1) is 0 Å². The van der Waals surface area contributed by atoms with Crippen molar-refractivity contribution in [1.29, 1.82) is 0 Å². The first kappa shape index (κ1) is 20.2. The molecule has 0 spiro atoms. The number of anilines is 2. The predicted molar refractivity (Wildman–Crippen MR) is 101 cm³/mol. The number of hydrogen-bond acceptors (Lipinski definition) is 6. The number of amides is 1. The monoisotopic (exact) mass is 392 g/mol. The highest BCUT2D eigenvalue weighted by Gasteiger charge is 2.22. The lowest BCUT2D eigenvalue weighted by molar-refractivity contribution is -0.123. The lowest BCUT2D eigenvalue weighted by atomic mass is 10.2. The molecule has 0 aromatic heterocycles. The van der Waals surface area contributed by atoms with Gasteiger partial charge in [0, 0.05) is 0 Å². The molecule has 1 atom stereocenters. The molecule has 1 amide bonds. The normalized spacial score (nSPS) is 12.0. The summed E-state index contributed by atoms with van der Waals surface area (Å²) in [5, 5.41) is 2.62. The molecule has 8 nitrogen and oxygen atoms in total. The van der Waals surface area contributed by atoms with Gasteiger partial charge in [-0.2, -0.15) is 0 Å². The van der Waals surface area contributed by atoms with Crippen molar-refractivity contribution < 1.29 is 27.5 Å². The molecule has 0 fully saturated rings. The van der Waals surface area contributed by atoms with Crippen LogP contribution < -0.4 is 14.8 Å². The van der Waals surface area contributed by atoms with Crippen molar-refractivity contribution in [3.63, 3.8) is 0 Å². The molecule has 0 aliphatic carbocycles. The zero-order chi connectivity index (χ0) is 20.0. The average Bonchev–Trinajstić information content (AvgIpc) is 2.61. The predicted octanol–water partition coefficient (Wildman–Crippen LogP) is 2.25. The third-order valence-corrected chi connectivity index (χ3v) is 4.05. The fourth-order valence-corrected chi connectivity index (χ4v) is 2.79. The first-order valence-electron chi connectivity index (χ1n) is 7.93. The first-order chi connectivity index (χ1) is 12.7. The highest BCUT2D eigenvalue weighted by Crippen LogP contribution is 2.23. The summed E-state index contributed by atoms with van der Waals surface area (Å²) in [5.74, 6) is -0.919. The van der Waals surface area contributed by atoms with E-state index in [4.69, 9.17) is 9.47 Å². The van der Waals surface area contributed by atoms with Crippen LogP contribution >= 0.6 is 0 Å². The van der Waals surface area contributed by atoms with Crippen LogP contribution in [0.1, 0.15) is 17.3 Å². The Morgan fingerprint density at radius 1 is 1.00 bits per heavy atom. The number of para-hydroxylation sites is 3. The van der Waals surface area contributed by atoms with Crippen molar-refractivity contribution >= 4 is 33.3 Å². The van der Waals surface area contributed by atoms with Crippen molar-refractivity contribution in [2.75, 3.05) is 23.4 Å². The minimum absolute atomic E-state index is 0.000123. The quantitative estimate of drug-likeness (QED) is 0.699. The average molecular weight is 392 g/mol. The molecule has 0 saturated heterocycles. The fourth-order valence-electron chi connectivity index (χ4n) is 2.21. The van der Waals surface area contributed by atoms with Crippen LogP contribution in [0.5, 0.6) is 5.75 Å². The van der Waals surface area contributed by atoms with Crippen LogP contribution in [0.4, 0.5) is 11.4 Å². The van der Waals surface area contributed by atoms with E-state index >= 15 is 0 Å². The van der Waals surface area contributed by atoms with Crippen LogP contribution in [-0.4, -0.2) is 39.8 Å². The Kier molecular flexibility index (Phi) is 6.40. The second kappa shape index (κ2) is 8.54. The summed E-state index contributed by atoms with van der Waals surface area (Å²) in [4.78, 5) is 24.7. The van der Waals surface area contributed by atoms with Gasteiger partial charge in [0.25, 0.3) is 5.91 Å². The molecule has 144 valence electrons. The molecule has 0 aliphatic rings. The second-order valence-corrected chi connectivity index (χ2v) is 7.41. The van der Waals surface area contributed by atoms with Gasteiger partial charge in [-0.1, -0.05) is 24.3 Å². The van der Waals surface area contributed by atoms with E-state index in [0.29, 0.717) is 11.4 Å². The van der Waals surface area contributed by atoms with E-state index in [1.54, 1.807) is 36.4 Å². The highest BCUT2D eigenvalue weighted by atomic mass is 32.2. The Hall–Kier alpha value is -3.07. The molecule has 0 heterocycles. The van der Waals surface area contributed by atoms with Gasteiger partial charge in [0.1, 0.15) is 5.75 Å². The summed E-state index contributed by atoms with van der Waals surface area (Å²) in [7, 11) is -2.10. The summed E-state index contributed by atoms with van der Waals surface area (Å²) in [5.41, 5.74) is 0.509. The maximum atomic E-state index is 12.4. The largest absolute Gasteiger partial charge is 0.495 e. The van der Waals surface area contributed by atoms with Crippen LogP contribution in [0.15, 0.2) is 48.5 Å². The van der Waals surface area contributed by atoms with E-state index < -0.39 is 28.0 Å². The van der Waals surface area contributed by atoms with Crippen LogP contribution in [-0.2, 0) is 19.6 Å². The molecule has 0 radical (unpaired) electrons. The molecular weight excluding hydrogens is 372 g/mol. The van der Waals surface area contributed by atoms with Gasteiger partial charge in [0.15, 0.2) is 6.10 Å². The third kappa shape index (κ3) is 5.71. The fraction of sp³-hybridized carbons (Fsp3) is 0.222. The summed E-state index contributed by atoms with van der Waals surface area (Å²) in [6, 6.07) is 12.8. The van der Waals surface area contributed by atoms with E-state index in [2.05, 4.69) is 10.0 Å². The van der Waals surface area contributed by atoms with Crippen LogP contribution in [0.25, 0.3) is 0 Å². The lowest BCUT2D eigenvalue weighted by Gasteiger charge is -2.16. The van der Waals surface area contributed by atoms with E-state index in [1.807, 2.05) is 0 Å². The van der Waals surface area contributed by atoms with Gasteiger partial charge in [-0.15, -0.1) is 0 Å². The number of sulfonamides is 1. The number of ether oxygens (including phenoxy) is 2. The second-order valence-electron chi connectivity index (χ2n) is 5.66. The first-order valence-corrected chi connectivity index (χ1v) is 9.82. The zero-order valence-electron chi connectivity index (χ0n) is 15.1. The summed E-state index contributed by atoms with van der Waals surface area (Å²) in [6.07, 6.45) is -0.146. The van der Waals surface area contributed by atoms with Gasteiger partial charge in [0.05, 0.1) is 30.3 Å². The maximum Gasteiger partial charge on any atom is 0.341 e. The van der Waals surface area contributed by atoms with E-state index in [9.17, 15) is 18.0 Å². The molecule has 2 N–H and O–H groups in total. The standard InChI is InChI=1S/C18H20N2O6S/c1-12(17(21)19-15-10-6-7-11-16(15)25-2)26-18(22)13-8-4-5-9-14(13)20-27(3,23)24/h4-12,20H,1-3H3,(H,19,21)/t12-/m0/s1. The minimum Gasteiger partial charge on any atom is -0.495 e. The molecule has 9 heteroatoms. The molecule has 0 bridgehead atoms. The van der Waals surface area contributed by atoms with Crippen LogP contribution in [0.2, 0.25) is 0 Å². The van der Waals surface area contributed by atoms with Gasteiger partial charge in [-0.25, -0.2) is 13.2 Å². The van der Waals surface area contributed by atoms with E-state index in [1.165, 1.54) is 26.2 Å². The Balaban J connectivity index is 2.10. The molecule has 2 aromatic rings. The van der Waals surface area contributed by atoms with Crippen molar-refractivity contribution in [2.24, 2.45) is 0 Å². The highest BCUT2D eigenvalue weighted by molar-refractivity contribution is 7.92. The number of hydrogen-bond donors (Lipinski definition) is 2. The SMILES string of the molecule is COc1ccccc1NC(=O)[C@H](C)OC(=O)c1ccccc1NS(C)(=O)=O. The summed E-state index contributed by atoms with van der Waals surface area (Å²) < 4.78 is 35.4. The van der Waals surface area contributed by atoms with Gasteiger partial charge in [-0.3, -0.25) is 9.52 Å². The number of methoxy groups -OCH3 is 1. The molecule has 27 heavy (non-hydrogen) atoms. The smallest absolute Gasteiger partial charge is 0.341 e. The van der Waals surface area contributed by atoms with Gasteiger partial charge in [0.2, 0.25) is 10.0 Å². The number of rotatable bonds is 7. The van der Waals surface area contributed by atoms with Crippen molar-refractivity contribution in [3.05, 3.63) is 54.1 Å². The zero-order valence-corrected chi connectivity index (χ0v) is 15.9. The number of carbonyl (C=O) groups excluding carboxylic acids is 2. The Morgan fingerprint density at radius 2 is 1.59 bits per heavy atom. The Labute approximate surface area is 157 Å². The van der Waals surface area contributed by atoms with Gasteiger partial charge >= 0.3 is 5.97 Å². The van der Waals surface area contributed by atoms with Gasteiger partial charge in [-0.05, 0) is 31.2 Å². The molecule has 0 saturated carbocycles. The number of nitrogens with one attached hydrogen (secondary N) is 2. The molecule has 2 rings (SSSR count). The lowest BCUT2D eigenvalue weighted by Crippen LogP contribution is -2.30. The number of carbonyl (C=O) groups is 2. The molecule has 0 aliphatic heterocycles. The summed E-state index contributed by atoms with van der Waals surface area (Å²) >= 11 is 0. The van der Waals surface area contributed by atoms with E-state index in [0.717, 1.165) is 6.26 Å². The Bertz CT molecular complexity index is 942. The molecule has 2 aromatic carbocycles. The van der Waals surface area contributed by atoms with E-state index in [-0.39, 0.29) is 11.3 Å². The van der Waals surface area contributed by atoms with Crippen LogP contribution in [0.3, 0.4) is 0 Å². The van der Waals surface area contributed by atoms with Crippen molar-refractivity contribution in [1.82, 2.24) is 0 Å². The summed E-state index contributed by atoms with van der Waals surface area (Å²) in [6.45, 7) is 1.41. The third-order valence-electron chi connectivity index (χ3n) is 3.46. The topological polar surface area (TPSA) is 111 Å². The number of benzene rings is 2.